The number of hydrogen-bond acceptors (Lipinski definition) is 2. The predicted octanol–water partition coefficient (Wildman–Crippen LogP) is 3.19. The number of aryl methyl sites for hydroxylation is 1. The van der Waals surface area contributed by atoms with E-state index in [0.717, 1.165) is 23.5 Å². The molecule has 0 heterocycles. The highest BCUT2D eigenvalue weighted by Gasteiger charge is 1.97. The van der Waals surface area contributed by atoms with Gasteiger partial charge in [0.05, 0.1) is 0 Å². The molecule has 16 heavy (non-hydrogen) atoms. The van der Waals surface area contributed by atoms with Gasteiger partial charge in [-0.1, -0.05) is 30.3 Å². The number of nitrogens with one attached hydrogen (secondary N) is 1. The zero-order valence-corrected chi connectivity index (χ0v) is 9.40. The molecule has 0 aliphatic rings. The summed E-state index contributed by atoms with van der Waals surface area (Å²) in [5, 5.41) is 3.36. The van der Waals surface area contributed by atoms with Gasteiger partial charge in [-0.25, -0.2) is 0 Å². The largest absolute Gasteiger partial charge is 0.398 e. The van der Waals surface area contributed by atoms with E-state index in [-0.39, 0.29) is 0 Å². The molecule has 3 N–H and O–H groups in total. The lowest BCUT2D eigenvalue weighted by Crippen LogP contribution is -2.02. The van der Waals surface area contributed by atoms with Crippen LogP contribution in [-0.2, 0) is 6.54 Å². The molecule has 2 nitrogen and oxygen atoms in total. The van der Waals surface area contributed by atoms with Crippen LogP contribution in [0.3, 0.4) is 0 Å². The van der Waals surface area contributed by atoms with Crippen molar-refractivity contribution in [2.45, 2.75) is 13.5 Å². The Bertz CT molecular complexity index is 478. The Labute approximate surface area is 96.1 Å². The molecule has 0 bridgehead atoms. The zero-order valence-electron chi connectivity index (χ0n) is 9.40. The molecule has 2 aromatic carbocycles. The van der Waals surface area contributed by atoms with E-state index in [1.54, 1.807) is 0 Å². The summed E-state index contributed by atoms with van der Waals surface area (Å²) in [6, 6.07) is 16.2. The number of para-hydroxylation sites is 1. The summed E-state index contributed by atoms with van der Waals surface area (Å²) in [7, 11) is 0. The Hall–Kier alpha value is -1.96. The third kappa shape index (κ3) is 2.54. The molecular weight excluding hydrogens is 196 g/mol. The lowest BCUT2D eigenvalue weighted by atomic mass is 10.1. The van der Waals surface area contributed by atoms with Gasteiger partial charge in [-0.2, -0.15) is 0 Å². The van der Waals surface area contributed by atoms with Gasteiger partial charge in [0, 0.05) is 17.9 Å². The average molecular weight is 212 g/mol. The van der Waals surface area contributed by atoms with Gasteiger partial charge in [0.15, 0.2) is 0 Å². The van der Waals surface area contributed by atoms with E-state index in [9.17, 15) is 0 Å². The normalized spacial score (nSPS) is 10.1. The summed E-state index contributed by atoms with van der Waals surface area (Å²) in [6.45, 7) is 2.85. The summed E-state index contributed by atoms with van der Waals surface area (Å²) in [6.07, 6.45) is 0. The average Bonchev–Trinajstić information content (AvgIpc) is 2.28. The molecule has 0 aliphatic carbocycles. The first kappa shape index (κ1) is 10.6. The van der Waals surface area contributed by atoms with Gasteiger partial charge in [-0.3, -0.25) is 0 Å². The fourth-order valence-electron chi connectivity index (χ4n) is 1.65. The Morgan fingerprint density at radius 1 is 1.06 bits per heavy atom. The third-order valence-electron chi connectivity index (χ3n) is 2.56. The predicted molar refractivity (Wildman–Crippen MR) is 69.4 cm³/mol. The van der Waals surface area contributed by atoms with Crippen LogP contribution in [0.4, 0.5) is 11.4 Å². The van der Waals surface area contributed by atoms with Gasteiger partial charge >= 0.3 is 0 Å². The first-order valence-corrected chi connectivity index (χ1v) is 5.39. The molecule has 0 atom stereocenters. The van der Waals surface area contributed by atoms with Crippen LogP contribution in [-0.4, -0.2) is 0 Å². The molecule has 0 aromatic heterocycles. The number of nitrogen functional groups attached to an aromatic ring is 1. The Kier molecular flexibility index (Phi) is 3.10. The SMILES string of the molecule is Cc1cccc(NCc2ccccc2N)c1. The van der Waals surface area contributed by atoms with E-state index < -0.39 is 0 Å². The van der Waals surface area contributed by atoms with E-state index in [1.807, 2.05) is 30.3 Å². The number of anilines is 2. The molecule has 0 unspecified atom stereocenters. The quantitative estimate of drug-likeness (QED) is 0.767. The molecule has 0 amide bonds. The van der Waals surface area contributed by atoms with Gasteiger partial charge < -0.3 is 11.1 Å². The third-order valence-corrected chi connectivity index (χ3v) is 2.56. The highest BCUT2D eigenvalue weighted by molar-refractivity contribution is 5.51. The Balaban J connectivity index is 2.05. The maximum atomic E-state index is 5.87. The molecule has 0 saturated carbocycles. The minimum atomic E-state index is 0.760. The number of nitrogens with two attached hydrogens (primary N) is 1. The van der Waals surface area contributed by atoms with Crippen LogP contribution in [0.25, 0.3) is 0 Å². The van der Waals surface area contributed by atoms with E-state index >= 15 is 0 Å². The van der Waals surface area contributed by atoms with Crippen LogP contribution in [0.5, 0.6) is 0 Å². The van der Waals surface area contributed by atoms with Crippen molar-refractivity contribution in [2.24, 2.45) is 0 Å². The second-order valence-electron chi connectivity index (χ2n) is 3.92. The van der Waals surface area contributed by atoms with Crippen LogP contribution in [0.1, 0.15) is 11.1 Å². The van der Waals surface area contributed by atoms with Crippen LogP contribution >= 0.6 is 0 Å². The minimum Gasteiger partial charge on any atom is -0.398 e. The second kappa shape index (κ2) is 4.71. The maximum absolute atomic E-state index is 5.87. The lowest BCUT2D eigenvalue weighted by Gasteiger charge is -2.09. The van der Waals surface area contributed by atoms with Crippen molar-refractivity contribution in [1.29, 1.82) is 0 Å². The summed E-state index contributed by atoms with van der Waals surface area (Å²) < 4.78 is 0. The molecule has 0 aliphatic heterocycles. The fraction of sp³-hybridized carbons (Fsp3) is 0.143. The molecule has 2 rings (SSSR count). The van der Waals surface area contributed by atoms with E-state index in [2.05, 4.69) is 30.4 Å². The smallest absolute Gasteiger partial charge is 0.0421 e. The van der Waals surface area contributed by atoms with E-state index in [0.29, 0.717) is 0 Å². The second-order valence-corrected chi connectivity index (χ2v) is 3.92. The Morgan fingerprint density at radius 2 is 1.88 bits per heavy atom. The molecule has 0 saturated heterocycles. The standard InChI is InChI=1S/C14H16N2/c1-11-5-4-7-13(9-11)16-10-12-6-2-3-8-14(12)15/h2-9,16H,10,15H2,1H3. The van der Waals surface area contributed by atoms with Crippen molar-refractivity contribution in [2.75, 3.05) is 11.1 Å². The highest BCUT2D eigenvalue weighted by atomic mass is 14.9. The van der Waals surface area contributed by atoms with Gasteiger partial charge in [-0.15, -0.1) is 0 Å². The molecule has 82 valence electrons. The van der Waals surface area contributed by atoms with Crippen molar-refractivity contribution in [3.63, 3.8) is 0 Å². The Morgan fingerprint density at radius 3 is 2.62 bits per heavy atom. The number of rotatable bonds is 3. The summed E-state index contributed by atoms with van der Waals surface area (Å²) >= 11 is 0. The zero-order chi connectivity index (χ0) is 11.4. The van der Waals surface area contributed by atoms with Crippen molar-refractivity contribution < 1.29 is 0 Å². The van der Waals surface area contributed by atoms with Gasteiger partial charge in [0.2, 0.25) is 0 Å². The number of benzene rings is 2. The summed E-state index contributed by atoms with van der Waals surface area (Å²) in [4.78, 5) is 0. The van der Waals surface area contributed by atoms with Crippen LogP contribution in [0, 0.1) is 6.92 Å². The van der Waals surface area contributed by atoms with E-state index in [4.69, 9.17) is 5.73 Å². The van der Waals surface area contributed by atoms with Gasteiger partial charge in [0.25, 0.3) is 0 Å². The monoisotopic (exact) mass is 212 g/mol. The minimum absolute atomic E-state index is 0.760. The van der Waals surface area contributed by atoms with Crippen molar-refractivity contribution in [3.8, 4) is 0 Å². The fourth-order valence-corrected chi connectivity index (χ4v) is 1.65. The summed E-state index contributed by atoms with van der Waals surface area (Å²) in [5.74, 6) is 0. The van der Waals surface area contributed by atoms with Crippen LogP contribution < -0.4 is 11.1 Å². The van der Waals surface area contributed by atoms with Gasteiger partial charge in [-0.05, 0) is 36.2 Å². The first-order valence-electron chi connectivity index (χ1n) is 5.39. The topological polar surface area (TPSA) is 38.0 Å². The van der Waals surface area contributed by atoms with Crippen LogP contribution in [0.2, 0.25) is 0 Å². The maximum Gasteiger partial charge on any atom is 0.0421 e. The highest BCUT2D eigenvalue weighted by Crippen LogP contribution is 2.14. The number of hydrogen-bond donors (Lipinski definition) is 2. The van der Waals surface area contributed by atoms with Crippen molar-refractivity contribution >= 4 is 11.4 Å². The first-order chi connectivity index (χ1) is 7.75. The molecule has 0 radical (unpaired) electrons. The molecular formula is C14H16N2. The van der Waals surface area contributed by atoms with Gasteiger partial charge in [0.1, 0.15) is 0 Å². The molecule has 2 heteroatoms. The lowest BCUT2D eigenvalue weighted by molar-refractivity contribution is 1.15. The van der Waals surface area contributed by atoms with Crippen molar-refractivity contribution in [3.05, 3.63) is 59.7 Å². The molecule has 0 spiro atoms. The molecule has 2 aromatic rings. The van der Waals surface area contributed by atoms with Crippen LogP contribution in [0.15, 0.2) is 48.5 Å². The summed E-state index contributed by atoms with van der Waals surface area (Å²) in [5.41, 5.74) is 10.2. The van der Waals surface area contributed by atoms with Crippen molar-refractivity contribution in [1.82, 2.24) is 0 Å². The molecule has 0 fully saturated rings. The van der Waals surface area contributed by atoms with E-state index in [1.165, 1.54) is 5.56 Å².